The number of nitrogens with zero attached hydrogens (tertiary/aromatic N) is 1. The second kappa shape index (κ2) is 13.6. The lowest BCUT2D eigenvalue weighted by atomic mass is 9.87. The first kappa shape index (κ1) is 33.9. The first-order valence-corrected chi connectivity index (χ1v) is 15.9. The second-order valence-corrected chi connectivity index (χ2v) is 14.4. The number of nitrogens with two attached hydrogens (primary N) is 1. The Labute approximate surface area is 264 Å². The number of aliphatic carboxylic acids is 1. The van der Waals surface area contributed by atoms with Gasteiger partial charge in [-0.3, -0.25) is 19.2 Å². The summed E-state index contributed by atoms with van der Waals surface area (Å²) in [6.45, 7) is 9.37. The van der Waals surface area contributed by atoms with Crippen molar-refractivity contribution in [3.05, 3.63) is 35.4 Å². The van der Waals surface area contributed by atoms with Gasteiger partial charge >= 0.3 is 12.0 Å². The van der Waals surface area contributed by atoms with E-state index in [9.17, 15) is 33.9 Å². The number of primary amides is 1. The van der Waals surface area contributed by atoms with Gasteiger partial charge in [0.05, 0.1) is 6.04 Å². The molecule has 2 fully saturated rings. The zero-order valence-corrected chi connectivity index (χ0v) is 26.8. The average Bonchev–Trinajstić information content (AvgIpc) is 3.48. The number of nitrogens with one attached hydrogen (secondary N) is 3. The number of Topliss-reactive ketones (excluding diaryl/α,β-unsaturated/α-hetero) is 1. The summed E-state index contributed by atoms with van der Waals surface area (Å²) >= 11 is 0. The van der Waals surface area contributed by atoms with E-state index in [2.05, 4.69) is 16.0 Å². The van der Waals surface area contributed by atoms with Crippen LogP contribution in [0.15, 0.2) is 24.3 Å². The van der Waals surface area contributed by atoms with Crippen molar-refractivity contribution in [1.82, 2.24) is 20.9 Å². The molecule has 1 aromatic carbocycles. The zero-order chi connectivity index (χ0) is 33.2. The number of hydrogen-bond acceptors (Lipinski definition) is 6. The summed E-state index contributed by atoms with van der Waals surface area (Å²) in [4.78, 5) is 79.4. The minimum absolute atomic E-state index is 0.0223. The smallest absolute Gasteiger partial charge is 0.326 e. The fraction of sp³-hybridized carbons (Fsp3) is 0.636. The molecule has 1 saturated heterocycles. The number of rotatable bonds is 12. The molecule has 246 valence electrons. The van der Waals surface area contributed by atoms with Crippen LogP contribution in [0.4, 0.5) is 4.79 Å². The molecule has 4 rings (SSSR count). The van der Waals surface area contributed by atoms with Crippen LogP contribution in [0, 0.1) is 29.1 Å². The summed E-state index contributed by atoms with van der Waals surface area (Å²) in [5, 5.41) is 17.8. The Morgan fingerprint density at radius 1 is 0.956 bits per heavy atom. The van der Waals surface area contributed by atoms with E-state index in [0.717, 1.165) is 24.0 Å². The fourth-order valence-corrected chi connectivity index (χ4v) is 6.55. The van der Waals surface area contributed by atoms with Crippen molar-refractivity contribution in [3.8, 4) is 0 Å². The van der Waals surface area contributed by atoms with E-state index in [4.69, 9.17) is 5.73 Å². The van der Waals surface area contributed by atoms with Crippen molar-refractivity contribution >= 4 is 35.5 Å². The SMILES string of the molecule is CC(C)[C@@H]1C[C@@H](C(=O)NC(CC2CC2)C(=O)C(N)=O)N(C(=O)[C@@H](NC(=O)N[C@H](C(=O)O)C(C)(C)C)C2Cc3ccccc3C2)C1. The van der Waals surface area contributed by atoms with Gasteiger partial charge in [-0.15, -0.1) is 0 Å². The number of carboxylic acids is 1. The summed E-state index contributed by atoms with van der Waals surface area (Å²) in [6, 6.07) is 2.75. The van der Waals surface area contributed by atoms with Crippen LogP contribution < -0.4 is 21.7 Å². The van der Waals surface area contributed by atoms with Gasteiger partial charge in [-0.2, -0.15) is 0 Å². The maximum Gasteiger partial charge on any atom is 0.326 e. The molecule has 5 atom stereocenters. The lowest BCUT2D eigenvalue weighted by Crippen LogP contribution is -2.60. The summed E-state index contributed by atoms with van der Waals surface area (Å²) in [5.41, 5.74) is 6.61. The first-order valence-electron chi connectivity index (χ1n) is 15.9. The third-order valence-corrected chi connectivity index (χ3v) is 9.50. The van der Waals surface area contributed by atoms with Gasteiger partial charge in [0, 0.05) is 6.54 Å². The Balaban J connectivity index is 1.61. The highest BCUT2D eigenvalue weighted by Gasteiger charge is 2.46. The molecule has 3 aliphatic rings. The van der Waals surface area contributed by atoms with Crippen molar-refractivity contribution in [2.24, 2.45) is 34.8 Å². The van der Waals surface area contributed by atoms with E-state index in [1.807, 2.05) is 38.1 Å². The molecular formula is C33H47N5O7. The largest absolute Gasteiger partial charge is 0.480 e. The molecule has 2 aliphatic carbocycles. The van der Waals surface area contributed by atoms with Gasteiger partial charge in [0.1, 0.15) is 18.1 Å². The molecule has 1 unspecified atom stereocenters. The number of urea groups is 1. The number of likely N-dealkylation sites (tertiary alicyclic amines) is 1. The average molecular weight is 626 g/mol. The number of amides is 5. The maximum atomic E-state index is 14.5. The fourth-order valence-electron chi connectivity index (χ4n) is 6.55. The zero-order valence-electron chi connectivity index (χ0n) is 26.8. The normalized spacial score (nSPS) is 21.9. The Kier molecular flexibility index (Phi) is 10.2. The third-order valence-electron chi connectivity index (χ3n) is 9.50. The molecule has 0 radical (unpaired) electrons. The number of benzene rings is 1. The molecule has 0 bridgehead atoms. The molecule has 1 aliphatic heterocycles. The van der Waals surface area contributed by atoms with Crippen LogP contribution >= 0.6 is 0 Å². The Bertz CT molecular complexity index is 1310. The molecule has 0 aromatic heterocycles. The molecule has 12 heteroatoms. The van der Waals surface area contributed by atoms with Crippen LogP contribution in [-0.4, -0.2) is 76.2 Å². The number of carbonyl (C=O) groups excluding carboxylic acids is 5. The highest BCUT2D eigenvalue weighted by atomic mass is 16.4. The Morgan fingerprint density at radius 2 is 1.56 bits per heavy atom. The molecular weight excluding hydrogens is 578 g/mol. The van der Waals surface area contributed by atoms with Crippen LogP contribution in [0.2, 0.25) is 0 Å². The molecule has 45 heavy (non-hydrogen) atoms. The lowest BCUT2D eigenvalue weighted by molar-refractivity contribution is -0.142. The van der Waals surface area contributed by atoms with Gasteiger partial charge < -0.3 is 31.7 Å². The lowest BCUT2D eigenvalue weighted by Gasteiger charge is -2.33. The third kappa shape index (κ3) is 8.20. The van der Waals surface area contributed by atoms with Crippen molar-refractivity contribution in [1.29, 1.82) is 0 Å². The van der Waals surface area contributed by atoms with Crippen LogP contribution in [-0.2, 0) is 36.8 Å². The van der Waals surface area contributed by atoms with Crippen molar-refractivity contribution in [2.45, 2.75) is 97.3 Å². The van der Waals surface area contributed by atoms with Gasteiger partial charge in [-0.05, 0) is 65.9 Å². The van der Waals surface area contributed by atoms with Crippen LogP contribution in [0.3, 0.4) is 0 Å². The minimum Gasteiger partial charge on any atom is -0.480 e. The van der Waals surface area contributed by atoms with Gasteiger partial charge in [-0.25, -0.2) is 9.59 Å². The molecule has 1 heterocycles. The number of carbonyl (C=O) groups is 6. The summed E-state index contributed by atoms with van der Waals surface area (Å²) in [7, 11) is 0. The predicted molar refractivity (Wildman–Crippen MR) is 166 cm³/mol. The summed E-state index contributed by atoms with van der Waals surface area (Å²) < 4.78 is 0. The molecule has 5 amide bonds. The summed E-state index contributed by atoms with van der Waals surface area (Å²) in [5.74, 6) is -4.16. The standard InChI is InChI=1S/C33H47N5O7/c1-17(2)22-15-24(29(41)35-23(12-18-10-11-18)26(39)28(34)40)38(16-22)30(42)25(21-13-19-8-6-7-9-20(19)14-21)36-32(45)37-27(31(43)44)33(3,4)5/h6-9,17-18,21-25,27H,10-16H2,1-5H3,(H2,34,40)(H,35,41)(H,43,44)(H2,36,37,45)/t22-,23?,24+,25+,27-/m1/s1. The van der Waals surface area contributed by atoms with Gasteiger partial charge in [0.15, 0.2) is 0 Å². The molecule has 1 saturated carbocycles. The van der Waals surface area contributed by atoms with E-state index in [-0.39, 0.29) is 30.2 Å². The van der Waals surface area contributed by atoms with Crippen LogP contribution in [0.5, 0.6) is 0 Å². The highest BCUT2D eigenvalue weighted by Crippen LogP contribution is 2.35. The van der Waals surface area contributed by atoms with Gasteiger partial charge in [0.25, 0.3) is 5.91 Å². The first-order chi connectivity index (χ1) is 21.1. The molecule has 12 nitrogen and oxygen atoms in total. The summed E-state index contributed by atoms with van der Waals surface area (Å²) in [6.07, 6.45) is 3.50. The van der Waals surface area contributed by atoms with Crippen LogP contribution in [0.1, 0.15) is 71.4 Å². The van der Waals surface area contributed by atoms with Crippen molar-refractivity contribution in [2.75, 3.05) is 6.54 Å². The molecule has 1 aromatic rings. The van der Waals surface area contributed by atoms with Crippen molar-refractivity contribution < 1.29 is 33.9 Å². The van der Waals surface area contributed by atoms with Crippen molar-refractivity contribution in [3.63, 3.8) is 0 Å². The Hall–Kier alpha value is -3.96. The van der Waals surface area contributed by atoms with E-state index in [1.165, 1.54) is 4.90 Å². The van der Waals surface area contributed by atoms with Gasteiger partial charge in [-0.1, -0.05) is 71.7 Å². The quantitative estimate of drug-likeness (QED) is 0.219. The molecule has 6 N–H and O–H groups in total. The monoisotopic (exact) mass is 625 g/mol. The topological polar surface area (TPSA) is 188 Å². The Morgan fingerprint density at radius 3 is 2.04 bits per heavy atom. The number of carboxylic acid groups (broad SMARTS) is 1. The maximum absolute atomic E-state index is 14.5. The molecule has 0 spiro atoms. The number of fused-ring (bicyclic) bond motifs is 1. The predicted octanol–water partition coefficient (Wildman–Crippen LogP) is 1.78. The number of hydrogen-bond donors (Lipinski definition) is 5. The van der Waals surface area contributed by atoms with Gasteiger partial charge in [0.2, 0.25) is 17.6 Å². The van der Waals surface area contributed by atoms with E-state index < -0.39 is 65.1 Å². The van der Waals surface area contributed by atoms with E-state index >= 15 is 0 Å². The van der Waals surface area contributed by atoms with E-state index in [1.54, 1.807) is 20.8 Å². The highest BCUT2D eigenvalue weighted by molar-refractivity contribution is 6.37. The second-order valence-electron chi connectivity index (χ2n) is 14.4. The van der Waals surface area contributed by atoms with E-state index in [0.29, 0.717) is 25.7 Å². The minimum atomic E-state index is -1.21. The number of ketones is 1. The van der Waals surface area contributed by atoms with Crippen LogP contribution in [0.25, 0.3) is 0 Å².